The van der Waals surface area contributed by atoms with Crippen molar-refractivity contribution in [2.24, 2.45) is 17.6 Å². The first kappa shape index (κ1) is 15.4. The molecular formula is C16H22F3N. The maximum absolute atomic E-state index is 12.8. The minimum atomic E-state index is -4.27. The standard InChI is InChI=1S/C16H22F3N/c1-2-11-6-7-13(10-20)15(8-11)12-4-3-5-14(9-12)16(17,18)19/h3-5,9,11,13,15H,2,6-8,10,20H2,1H3. The fraction of sp³-hybridized carbons (Fsp3) is 0.625. The Hall–Kier alpha value is -1.03. The van der Waals surface area contributed by atoms with Crippen LogP contribution in [-0.2, 0) is 6.18 Å². The highest BCUT2D eigenvalue weighted by molar-refractivity contribution is 5.29. The summed E-state index contributed by atoms with van der Waals surface area (Å²) >= 11 is 0. The molecule has 1 aromatic carbocycles. The van der Waals surface area contributed by atoms with Crippen LogP contribution in [0.15, 0.2) is 24.3 Å². The number of benzene rings is 1. The maximum atomic E-state index is 12.8. The van der Waals surface area contributed by atoms with Gasteiger partial charge in [0.05, 0.1) is 5.56 Å². The van der Waals surface area contributed by atoms with Crippen LogP contribution in [0, 0.1) is 11.8 Å². The zero-order chi connectivity index (χ0) is 14.8. The van der Waals surface area contributed by atoms with Crippen LogP contribution in [0.25, 0.3) is 0 Å². The molecule has 20 heavy (non-hydrogen) atoms. The molecule has 0 saturated heterocycles. The molecule has 0 aliphatic heterocycles. The summed E-state index contributed by atoms with van der Waals surface area (Å²) in [7, 11) is 0. The summed E-state index contributed by atoms with van der Waals surface area (Å²) in [6.07, 6.45) is -0.0524. The van der Waals surface area contributed by atoms with Gasteiger partial charge in [-0.25, -0.2) is 0 Å². The van der Waals surface area contributed by atoms with E-state index in [9.17, 15) is 13.2 Å². The van der Waals surface area contributed by atoms with Crippen molar-refractivity contribution < 1.29 is 13.2 Å². The van der Waals surface area contributed by atoms with Gasteiger partial charge in [0, 0.05) is 0 Å². The monoisotopic (exact) mass is 285 g/mol. The molecule has 0 spiro atoms. The quantitative estimate of drug-likeness (QED) is 0.864. The van der Waals surface area contributed by atoms with Gasteiger partial charge in [0.15, 0.2) is 0 Å². The lowest BCUT2D eigenvalue weighted by Crippen LogP contribution is -2.29. The molecule has 1 aromatic rings. The predicted molar refractivity (Wildman–Crippen MR) is 74.4 cm³/mol. The van der Waals surface area contributed by atoms with E-state index in [4.69, 9.17) is 5.73 Å². The molecule has 2 rings (SSSR count). The third-order valence-electron chi connectivity index (χ3n) is 4.62. The SMILES string of the molecule is CCC1CCC(CN)C(c2cccc(C(F)(F)F)c2)C1. The zero-order valence-electron chi connectivity index (χ0n) is 11.8. The van der Waals surface area contributed by atoms with E-state index in [0.717, 1.165) is 37.3 Å². The van der Waals surface area contributed by atoms with Crippen LogP contribution in [0.4, 0.5) is 13.2 Å². The van der Waals surface area contributed by atoms with Gasteiger partial charge >= 0.3 is 6.18 Å². The summed E-state index contributed by atoms with van der Waals surface area (Å²) in [6, 6.07) is 5.79. The van der Waals surface area contributed by atoms with Crippen molar-refractivity contribution in [3.05, 3.63) is 35.4 Å². The lowest BCUT2D eigenvalue weighted by atomic mass is 9.70. The van der Waals surface area contributed by atoms with Crippen LogP contribution in [0.2, 0.25) is 0 Å². The first-order chi connectivity index (χ1) is 9.45. The second-order valence-electron chi connectivity index (χ2n) is 5.81. The van der Waals surface area contributed by atoms with Crippen LogP contribution in [-0.4, -0.2) is 6.54 Å². The summed E-state index contributed by atoms with van der Waals surface area (Å²) in [5.41, 5.74) is 6.07. The predicted octanol–water partition coefficient (Wildman–Crippen LogP) is 4.57. The summed E-state index contributed by atoms with van der Waals surface area (Å²) in [4.78, 5) is 0. The highest BCUT2D eigenvalue weighted by Gasteiger charge is 2.33. The summed E-state index contributed by atoms with van der Waals surface area (Å²) in [5, 5.41) is 0. The Kier molecular flexibility index (Phi) is 4.74. The van der Waals surface area contributed by atoms with Crippen LogP contribution in [0.1, 0.15) is 49.7 Å². The van der Waals surface area contributed by atoms with E-state index < -0.39 is 11.7 Å². The van der Waals surface area contributed by atoms with Crippen molar-refractivity contribution in [3.8, 4) is 0 Å². The van der Waals surface area contributed by atoms with Crippen LogP contribution in [0.5, 0.6) is 0 Å². The van der Waals surface area contributed by atoms with E-state index in [1.807, 2.05) is 6.07 Å². The third kappa shape index (κ3) is 3.35. The van der Waals surface area contributed by atoms with Gasteiger partial charge in [0.2, 0.25) is 0 Å². The molecule has 0 aromatic heterocycles. The largest absolute Gasteiger partial charge is 0.416 e. The van der Waals surface area contributed by atoms with Gasteiger partial charge < -0.3 is 5.73 Å². The molecule has 4 heteroatoms. The minimum Gasteiger partial charge on any atom is -0.330 e. The van der Waals surface area contributed by atoms with Crippen molar-refractivity contribution in [1.29, 1.82) is 0 Å². The van der Waals surface area contributed by atoms with Gasteiger partial charge in [-0.1, -0.05) is 38.0 Å². The van der Waals surface area contributed by atoms with Crippen LogP contribution >= 0.6 is 0 Å². The first-order valence-corrected chi connectivity index (χ1v) is 7.33. The Bertz CT molecular complexity index is 442. The van der Waals surface area contributed by atoms with Gasteiger partial charge in [-0.3, -0.25) is 0 Å². The van der Waals surface area contributed by atoms with E-state index in [1.165, 1.54) is 12.1 Å². The third-order valence-corrected chi connectivity index (χ3v) is 4.62. The highest BCUT2D eigenvalue weighted by Crippen LogP contribution is 2.42. The molecule has 1 saturated carbocycles. The molecule has 0 amide bonds. The number of rotatable bonds is 3. The topological polar surface area (TPSA) is 26.0 Å². The van der Waals surface area contributed by atoms with E-state index in [-0.39, 0.29) is 5.92 Å². The van der Waals surface area contributed by atoms with E-state index in [0.29, 0.717) is 18.4 Å². The van der Waals surface area contributed by atoms with Crippen LogP contribution < -0.4 is 5.73 Å². The van der Waals surface area contributed by atoms with Crippen molar-refractivity contribution in [2.75, 3.05) is 6.54 Å². The maximum Gasteiger partial charge on any atom is 0.416 e. The van der Waals surface area contributed by atoms with E-state index in [2.05, 4.69) is 6.92 Å². The van der Waals surface area contributed by atoms with Crippen molar-refractivity contribution in [2.45, 2.75) is 44.7 Å². The fourth-order valence-electron chi connectivity index (χ4n) is 3.33. The summed E-state index contributed by atoms with van der Waals surface area (Å²) in [5.74, 6) is 1.08. The highest BCUT2D eigenvalue weighted by atomic mass is 19.4. The second-order valence-corrected chi connectivity index (χ2v) is 5.81. The molecule has 1 aliphatic rings. The first-order valence-electron chi connectivity index (χ1n) is 7.33. The van der Waals surface area contributed by atoms with Gasteiger partial charge in [0.25, 0.3) is 0 Å². The average molecular weight is 285 g/mol. The Balaban J connectivity index is 2.27. The Labute approximate surface area is 118 Å². The van der Waals surface area contributed by atoms with Crippen molar-refractivity contribution in [1.82, 2.24) is 0 Å². The Morgan fingerprint density at radius 2 is 2.00 bits per heavy atom. The number of alkyl halides is 3. The van der Waals surface area contributed by atoms with E-state index in [1.54, 1.807) is 0 Å². The number of nitrogens with two attached hydrogens (primary N) is 1. The number of hydrogen-bond donors (Lipinski definition) is 1. The number of halogens is 3. The molecule has 0 radical (unpaired) electrons. The molecule has 3 atom stereocenters. The lowest BCUT2D eigenvalue weighted by Gasteiger charge is -2.36. The normalized spacial score (nSPS) is 27.6. The average Bonchev–Trinajstić information content (AvgIpc) is 2.45. The van der Waals surface area contributed by atoms with Crippen molar-refractivity contribution in [3.63, 3.8) is 0 Å². The van der Waals surface area contributed by atoms with Gasteiger partial charge in [-0.05, 0) is 48.8 Å². The van der Waals surface area contributed by atoms with Gasteiger partial charge in [-0.15, -0.1) is 0 Å². The Morgan fingerprint density at radius 3 is 2.60 bits per heavy atom. The molecule has 1 fully saturated rings. The number of hydrogen-bond acceptors (Lipinski definition) is 1. The molecule has 0 bridgehead atoms. The van der Waals surface area contributed by atoms with Gasteiger partial charge in [0.1, 0.15) is 0 Å². The van der Waals surface area contributed by atoms with E-state index >= 15 is 0 Å². The second kappa shape index (κ2) is 6.17. The molecule has 3 unspecified atom stereocenters. The van der Waals surface area contributed by atoms with Gasteiger partial charge in [-0.2, -0.15) is 13.2 Å². The molecule has 1 aliphatic carbocycles. The zero-order valence-corrected chi connectivity index (χ0v) is 11.8. The Morgan fingerprint density at radius 1 is 1.25 bits per heavy atom. The molecule has 1 nitrogen and oxygen atoms in total. The fourth-order valence-corrected chi connectivity index (χ4v) is 3.33. The lowest BCUT2D eigenvalue weighted by molar-refractivity contribution is -0.137. The van der Waals surface area contributed by atoms with Crippen LogP contribution in [0.3, 0.4) is 0 Å². The summed E-state index contributed by atoms with van der Waals surface area (Å²) in [6.45, 7) is 2.70. The molecular weight excluding hydrogens is 263 g/mol. The molecule has 112 valence electrons. The summed E-state index contributed by atoms with van der Waals surface area (Å²) < 4.78 is 38.5. The van der Waals surface area contributed by atoms with Crippen molar-refractivity contribution >= 4 is 0 Å². The molecule has 0 heterocycles. The smallest absolute Gasteiger partial charge is 0.330 e. The minimum absolute atomic E-state index is 0.168. The molecule has 2 N–H and O–H groups in total.